The van der Waals surface area contributed by atoms with E-state index in [4.69, 9.17) is 0 Å². The molecule has 2 rings (SSSR count). The second-order valence-corrected chi connectivity index (χ2v) is 4.87. The molecule has 1 aromatic heterocycles. The number of hydrogen-bond acceptors (Lipinski definition) is 3. The van der Waals surface area contributed by atoms with Crippen LogP contribution in [0.15, 0.2) is 35.1 Å². The molecule has 2 N–H and O–H groups in total. The molecule has 0 spiro atoms. The van der Waals surface area contributed by atoms with E-state index in [1.54, 1.807) is 11.6 Å². The largest absolute Gasteiger partial charge is 0.350 e. The van der Waals surface area contributed by atoms with Crippen LogP contribution in [0.2, 0.25) is 0 Å². The number of rotatable bonds is 4. The summed E-state index contributed by atoms with van der Waals surface area (Å²) in [6.45, 7) is 2.49. The number of pyridine rings is 1. The molecule has 1 heterocycles. The third-order valence-electron chi connectivity index (χ3n) is 3.46. The van der Waals surface area contributed by atoms with Gasteiger partial charge in [0, 0.05) is 31.1 Å². The van der Waals surface area contributed by atoms with Crippen LogP contribution in [0.5, 0.6) is 0 Å². The van der Waals surface area contributed by atoms with Gasteiger partial charge < -0.3 is 15.2 Å². The number of carbonyl (C=O) groups is 1. The Morgan fingerprint density at radius 1 is 1.35 bits per heavy atom. The molecule has 20 heavy (non-hydrogen) atoms. The summed E-state index contributed by atoms with van der Waals surface area (Å²) in [7, 11) is 3.54. The molecule has 1 atom stereocenters. The minimum atomic E-state index is -0.221. The summed E-state index contributed by atoms with van der Waals surface area (Å²) in [5.74, 6) is -0.221. The molecule has 0 radical (unpaired) electrons. The van der Waals surface area contributed by atoms with Crippen molar-refractivity contribution in [3.05, 3.63) is 46.2 Å². The summed E-state index contributed by atoms with van der Waals surface area (Å²) < 4.78 is 1.54. The standard InChI is InChI=1S/C15H19N3O2/c1-10(16-2)9-17-15(20)12-8-14(19)18(3)13-7-5-4-6-11(12)13/h4-8,10,16H,9H2,1-3H3,(H,17,20). The van der Waals surface area contributed by atoms with Crippen LogP contribution in [0.1, 0.15) is 17.3 Å². The van der Waals surface area contributed by atoms with Gasteiger partial charge in [0.25, 0.3) is 11.5 Å². The third-order valence-corrected chi connectivity index (χ3v) is 3.46. The summed E-state index contributed by atoms with van der Waals surface area (Å²) in [5, 5.41) is 6.67. The number of para-hydroxylation sites is 1. The lowest BCUT2D eigenvalue weighted by Crippen LogP contribution is -2.37. The van der Waals surface area contributed by atoms with E-state index in [9.17, 15) is 9.59 Å². The maximum atomic E-state index is 12.3. The van der Waals surface area contributed by atoms with E-state index in [-0.39, 0.29) is 17.5 Å². The van der Waals surface area contributed by atoms with Crippen LogP contribution in [0.3, 0.4) is 0 Å². The Kier molecular flexibility index (Phi) is 4.20. The Labute approximate surface area is 117 Å². The van der Waals surface area contributed by atoms with Gasteiger partial charge in [-0.05, 0) is 20.0 Å². The van der Waals surface area contributed by atoms with Gasteiger partial charge in [-0.2, -0.15) is 0 Å². The molecule has 1 amide bonds. The predicted octanol–water partition coefficient (Wildman–Crippen LogP) is 0.876. The Bertz CT molecular complexity index is 691. The van der Waals surface area contributed by atoms with Crippen LogP contribution in [0.25, 0.3) is 10.9 Å². The molecule has 5 nitrogen and oxygen atoms in total. The third kappa shape index (κ3) is 2.72. The molecular weight excluding hydrogens is 254 g/mol. The first-order valence-corrected chi connectivity index (χ1v) is 6.59. The van der Waals surface area contributed by atoms with Crippen LogP contribution in [0.4, 0.5) is 0 Å². The van der Waals surface area contributed by atoms with Crippen molar-refractivity contribution >= 4 is 16.8 Å². The highest BCUT2D eigenvalue weighted by atomic mass is 16.2. The number of nitrogens with one attached hydrogen (secondary N) is 2. The van der Waals surface area contributed by atoms with Gasteiger partial charge in [-0.15, -0.1) is 0 Å². The summed E-state index contributed by atoms with van der Waals surface area (Å²) >= 11 is 0. The number of nitrogens with zero attached hydrogens (tertiary/aromatic N) is 1. The molecule has 5 heteroatoms. The van der Waals surface area contributed by atoms with E-state index in [0.717, 1.165) is 10.9 Å². The minimum absolute atomic E-state index is 0.178. The highest BCUT2D eigenvalue weighted by Crippen LogP contribution is 2.15. The molecule has 1 aromatic carbocycles. The van der Waals surface area contributed by atoms with E-state index >= 15 is 0 Å². The van der Waals surface area contributed by atoms with E-state index in [0.29, 0.717) is 12.1 Å². The van der Waals surface area contributed by atoms with Crippen molar-refractivity contribution in [3.63, 3.8) is 0 Å². The molecular formula is C15H19N3O2. The van der Waals surface area contributed by atoms with Gasteiger partial charge in [-0.3, -0.25) is 9.59 Å². The first-order chi connectivity index (χ1) is 9.54. The van der Waals surface area contributed by atoms with Gasteiger partial charge in [0.05, 0.1) is 11.1 Å². The van der Waals surface area contributed by atoms with Crippen LogP contribution in [-0.2, 0) is 7.05 Å². The van der Waals surface area contributed by atoms with Crippen LogP contribution in [-0.4, -0.2) is 30.1 Å². The van der Waals surface area contributed by atoms with Crippen molar-refractivity contribution in [2.75, 3.05) is 13.6 Å². The Balaban J connectivity index is 2.42. The van der Waals surface area contributed by atoms with Crippen molar-refractivity contribution < 1.29 is 4.79 Å². The quantitative estimate of drug-likeness (QED) is 0.869. The van der Waals surface area contributed by atoms with Crippen molar-refractivity contribution in [1.29, 1.82) is 0 Å². The second kappa shape index (κ2) is 5.88. The van der Waals surface area contributed by atoms with Gasteiger partial charge >= 0.3 is 0 Å². The van der Waals surface area contributed by atoms with Gasteiger partial charge in [0.15, 0.2) is 0 Å². The van der Waals surface area contributed by atoms with Crippen LogP contribution < -0.4 is 16.2 Å². The molecule has 1 unspecified atom stereocenters. The number of aryl methyl sites for hydroxylation is 1. The summed E-state index contributed by atoms with van der Waals surface area (Å²) in [4.78, 5) is 24.2. The van der Waals surface area contributed by atoms with E-state index < -0.39 is 0 Å². The average molecular weight is 273 g/mol. The van der Waals surface area contributed by atoms with Gasteiger partial charge in [-0.25, -0.2) is 0 Å². The number of benzene rings is 1. The number of likely N-dealkylation sites (N-methyl/N-ethyl adjacent to an activating group) is 1. The lowest BCUT2D eigenvalue weighted by molar-refractivity contribution is 0.0952. The van der Waals surface area contributed by atoms with Crippen molar-refractivity contribution in [2.45, 2.75) is 13.0 Å². The molecule has 0 aliphatic rings. The van der Waals surface area contributed by atoms with E-state index in [2.05, 4.69) is 10.6 Å². The SMILES string of the molecule is CNC(C)CNC(=O)c1cc(=O)n(C)c2ccccc12. The number of fused-ring (bicyclic) bond motifs is 1. The monoisotopic (exact) mass is 273 g/mol. The zero-order valence-corrected chi connectivity index (χ0v) is 11.9. The van der Waals surface area contributed by atoms with Crippen LogP contribution in [0, 0.1) is 0 Å². The number of carbonyl (C=O) groups excluding carboxylic acids is 1. The number of amides is 1. The van der Waals surface area contributed by atoms with Gasteiger partial charge in [-0.1, -0.05) is 18.2 Å². The molecule has 0 aliphatic carbocycles. The second-order valence-electron chi connectivity index (χ2n) is 4.87. The lowest BCUT2D eigenvalue weighted by atomic mass is 10.1. The Hall–Kier alpha value is -2.14. The van der Waals surface area contributed by atoms with Crippen LogP contribution >= 0.6 is 0 Å². The smallest absolute Gasteiger partial charge is 0.252 e. The summed E-state index contributed by atoms with van der Waals surface area (Å²) in [6.07, 6.45) is 0. The summed E-state index contributed by atoms with van der Waals surface area (Å²) in [6, 6.07) is 8.97. The molecule has 2 aromatic rings. The van der Waals surface area contributed by atoms with Gasteiger partial charge in [0.2, 0.25) is 0 Å². The molecule has 0 saturated carbocycles. The summed E-state index contributed by atoms with van der Waals surface area (Å²) in [5.41, 5.74) is 0.995. The zero-order valence-electron chi connectivity index (χ0n) is 11.9. The maximum absolute atomic E-state index is 12.3. The molecule has 0 aliphatic heterocycles. The average Bonchev–Trinajstić information content (AvgIpc) is 2.48. The Morgan fingerprint density at radius 3 is 2.75 bits per heavy atom. The predicted molar refractivity (Wildman–Crippen MR) is 80.0 cm³/mol. The molecule has 0 fully saturated rings. The highest BCUT2D eigenvalue weighted by Gasteiger charge is 2.13. The van der Waals surface area contributed by atoms with Crippen molar-refractivity contribution in [2.24, 2.45) is 7.05 Å². The fourth-order valence-electron chi connectivity index (χ4n) is 2.04. The first-order valence-electron chi connectivity index (χ1n) is 6.59. The normalized spacial score (nSPS) is 12.3. The van der Waals surface area contributed by atoms with E-state index in [1.165, 1.54) is 6.07 Å². The number of hydrogen-bond donors (Lipinski definition) is 2. The molecule has 106 valence electrons. The fraction of sp³-hybridized carbons (Fsp3) is 0.333. The lowest BCUT2D eigenvalue weighted by Gasteiger charge is -2.13. The first kappa shape index (κ1) is 14.3. The maximum Gasteiger partial charge on any atom is 0.252 e. The van der Waals surface area contributed by atoms with Crippen molar-refractivity contribution in [3.8, 4) is 0 Å². The molecule has 0 bridgehead atoms. The molecule has 0 saturated heterocycles. The Morgan fingerprint density at radius 2 is 2.05 bits per heavy atom. The van der Waals surface area contributed by atoms with Gasteiger partial charge in [0.1, 0.15) is 0 Å². The topological polar surface area (TPSA) is 63.1 Å². The highest BCUT2D eigenvalue weighted by molar-refractivity contribution is 6.06. The minimum Gasteiger partial charge on any atom is -0.350 e. The zero-order chi connectivity index (χ0) is 14.7. The van der Waals surface area contributed by atoms with Crippen molar-refractivity contribution in [1.82, 2.24) is 15.2 Å². The van der Waals surface area contributed by atoms with E-state index in [1.807, 2.05) is 38.2 Å². The number of aromatic nitrogens is 1. The fourth-order valence-corrected chi connectivity index (χ4v) is 2.04.